The Morgan fingerprint density at radius 2 is 2.05 bits per heavy atom. The fourth-order valence-corrected chi connectivity index (χ4v) is 1.49. The van der Waals surface area contributed by atoms with Gasteiger partial charge in [-0.3, -0.25) is 0 Å². The number of aliphatic carboxylic acids is 1. The van der Waals surface area contributed by atoms with E-state index in [4.69, 9.17) is 10.4 Å². The van der Waals surface area contributed by atoms with E-state index in [2.05, 4.69) is 10.6 Å². The summed E-state index contributed by atoms with van der Waals surface area (Å²) in [5, 5.41) is 22.5. The minimum Gasteiger partial charge on any atom is -0.480 e. The second-order valence-electron chi connectivity index (χ2n) is 4.35. The van der Waals surface area contributed by atoms with Crippen LogP contribution in [0.5, 0.6) is 0 Å². The molecule has 0 aliphatic heterocycles. The lowest BCUT2D eigenvalue weighted by Crippen LogP contribution is -2.46. The van der Waals surface area contributed by atoms with Crippen LogP contribution in [0.1, 0.15) is 19.4 Å². The average Bonchev–Trinajstić information content (AvgIpc) is 2.35. The molecule has 3 N–H and O–H groups in total. The van der Waals surface area contributed by atoms with Crippen LogP contribution < -0.4 is 10.6 Å². The molecule has 1 unspecified atom stereocenters. The third kappa shape index (κ3) is 4.32. The van der Waals surface area contributed by atoms with E-state index in [-0.39, 0.29) is 5.92 Å². The van der Waals surface area contributed by atoms with Crippen molar-refractivity contribution in [3.8, 4) is 6.07 Å². The predicted octanol–water partition coefficient (Wildman–Crippen LogP) is 1.79. The minimum atomic E-state index is -1.09. The van der Waals surface area contributed by atoms with Gasteiger partial charge in [-0.25, -0.2) is 9.59 Å². The molecule has 100 valence electrons. The topological polar surface area (TPSA) is 102 Å². The number of nitrogens with one attached hydrogen (secondary N) is 2. The molecule has 0 radical (unpaired) electrons. The Kier molecular flexibility index (Phi) is 4.89. The van der Waals surface area contributed by atoms with Gasteiger partial charge < -0.3 is 15.7 Å². The summed E-state index contributed by atoms with van der Waals surface area (Å²) in [7, 11) is 0. The summed E-state index contributed by atoms with van der Waals surface area (Å²) in [5.74, 6) is -1.32. The first-order valence-electron chi connectivity index (χ1n) is 5.74. The van der Waals surface area contributed by atoms with Crippen molar-refractivity contribution in [2.75, 3.05) is 5.32 Å². The maximum atomic E-state index is 11.7. The van der Waals surface area contributed by atoms with Gasteiger partial charge in [0.05, 0.1) is 11.6 Å². The van der Waals surface area contributed by atoms with Gasteiger partial charge >= 0.3 is 12.0 Å². The van der Waals surface area contributed by atoms with Gasteiger partial charge in [-0.1, -0.05) is 19.9 Å². The van der Waals surface area contributed by atoms with Crippen molar-refractivity contribution in [3.05, 3.63) is 29.8 Å². The molecule has 6 nitrogen and oxygen atoms in total. The predicted molar refractivity (Wildman–Crippen MR) is 69.6 cm³/mol. The quantitative estimate of drug-likeness (QED) is 0.768. The summed E-state index contributed by atoms with van der Waals surface area (Å²) >= 11 is 0. The van der Waals surface area contributed by atoms with Crippen molar-refractivity contribution in [2.24, 2.45) is 5.92 Å². The molecule has 1 rings (SSSR count). The Balaban J connectivity index is 2.69. The average molecular weight is 261 g/mol. The van der Waals surface area contributed by atoms with Gasteiger partial charge in [-0.05, 0) is 24.1 Å². The second kappa shape index (κ2) is 6.40. The first-order chi connectivity index (χ1) is 8.93. The van der Waals surface area contributed by atoms with E-state index in [9.17, 15) is 9.59 Å². The van der Waals surface area contributed by atoms with E-state index in [1.165, 1.54) is 6.07 Å². The number of anilines is 1. The lowest BCUT2D eigenvalue weighted by atomic mass is 10.1. The summed E-state index contributed by atoms with van der Waals surface area (Å²) in [6.45, 7) is 3.41. The zero-order chi connectivity index (χ0) is 14.4. The molecule has 1 aromatic rings. The van der Waals surface area contributed by atoms with Crippen LogP contribution in [0.4, 0.5) is 10.5 Å². The van der Waals surface area contributed by atoms with Crippen LogP contribution in [0.2, 0.25) is 0 Å². The molecule has 0 spiro atoms. The Hall–Kier alpha value is -2.55. The van der Waals surface area contributed by atoms with Crippen molar-refractivity contribution >= 4 is 17.7 Å². The molecule has 0 bridgehead atoms. The van der Waals surface area contributed by atoms with Crippen LogP contribution in [-0.2, 0) is 4.79 Å². The number of nitrogens with zero attached hydrogens (tertiary/aromatic N) is 1. The number of urea groups is 1. The first kappa shape index (κ1) is 14.5. The first-order valence-corrected chi connectivity index (χ1v) is 5.74. The van der Waals surface area contributed by atoms with E-state index in [0.29, 0.717) is 11.3 Å². The fraction of sp³-hybridized carbons (Fsp3) is 0.308. The van der Waals surface area contributed by atoms with E-state index in [1.807, 2.05) is 6.07 Å². The third-order valence-corrected chi connectivity index (χ3v) is 2.47. The fourth-order valence-electron chi connectivity index (χ4n) is 1.49. The van der Waals surface area contributed by atoms with Gasteiger partial charge in [0.2, 0.25) is 0 Å². The van der Waals surface area contributed by atoms with Gasteiger partial charge in [0.1, 0.15) is 6.04 Å². The third-order valence-electron chi connectivity index (χ3n) is 2.47. The van der Waals surface area contributed by atoms with Gasteiger partial charge in [-0.15, -0.1) is 0 Å². The molecule has 0 saturated heterocycles. The molecule has 0 saturated carbocycles. The van der Waals surface area contributed by atoms with E-state index in [0.717, 1.165) is 0 Å². The van der Waals surface area contributed by atoms with Gasteiger partial charge in [0.15, 0.2) is 0 Å². The molecular formula is C13H15N3O3. The van der Waals surface area contributed by atoms with E-state index >= 15 is 0 Å². The Morgan fingerprint density at radius 1 is 1.37 bits per heavy atom. The van der Waals surface area contributed by atoms with Crippen LogP contribution in [-0.4, -0.2) is 23.1 Å². The summed E-state index contributed by atoms with van der Waals surface area (Å²) in [5.41, 5.74) is 0.848. The zero-order valence-electron chi connectivity index (χ0n) is 10.7. The lowest BCUT2D eigenvalue weighted by molar-refractivity contribution is -0.140. The zero-order valence-corrected chi connectivity index (χ0v) is 10.7. The Morgan fingerprint density at radius 3 is 2.58 bits per heavy atom. The lowest BCUT2D eigenvalue weighted by Gasteiger charge is -2.18. The number of rotatable bonds is 4. The molecule has 6 heteroatoms. The number of carboxylic acids is 1. The molecule has 0 fully saturated rings. The van der Waals surface area contributed by atoms with Crippen molar-refractivity contribution in [2.45, 2.75) is 19.9 Å². The molecule has 0 heterocycles. The highest BCUT2D eigenvalue weighted by molar-refractivity contribution is 5.92. The Bertz CT molecular complexity index is 520. The molecule has 1 atom stereocenters. The standard InChI is InChI=1S/C13H15N3O3/c1-8(2)11(12(17)18)16-13(19)15-10-5-3-4-9(6-10)7-14/h3-6,8,11H,1-2H3,(H,17,18)(H2,15,16,19). The number of hydrogen-bond acceptors (Lipinski definition) is 3. The van der Waals surface area contributed by atoms with Crippen molar-refractivity contribution in [1.82, 2.24) is 5.32 Å². The van der Waals surface area contributed by atoms with Crippen molar-refractivity contribution in [3.63, 3.8) is 0 Å². The van der Waals surface area contributed by atoms with Crippen molar-refractivity contribution < 1.29 is 14.7 Å². The monoisotopic (exact) mass is 261 g/mol. The molecule has 19 heavy (non-hydrogen) atoms. The second-order valence-corrected chi connectivity index (χ2v) is 4.35. The smallest absolute Gasteiger partial charge is 0.326 e. The molecule has 0 aliphatic rings. The van der Waals surface area contributed by atoms with Gasteiger partial charge in [0.25, 0.3) is 0 Å². The number of benzene rings is 1. The largest absolute Gasteiger partial charge is 0.480 e. The number of amides is 2. The number of carboxylic acid groups (broad SMARTS) is 1. The van der Waals surface area contributed by atoms with Crippen LogP contribution in [0.15, 0.2) is 24.3 Å². The van der Waals surface area contributed by atoms with Gasteiger partial charge in [-0.2, -0.15) is 5.26 Å². The van der Waals surface area contributed by atoms with Crippen molar-refractivity contribution in [1.29, 1.82) is 5.26 Å². The minimum absolute atomic E-state index is 0.228. The number of hydrogen-bond donors (Lipinski definition) is 3. The maximum Gasteiger partial charge on any atom is 0.326 e. The maximum absolute atomic E-state index is 11.7. The van der Waals surface area contributed by atoms with Crippen LogP contribution in [0.3, 0.4) is 0 Å². The Labute approximate surface area is 111 Å². The molecule has 1 aromatic carbocycles. The summed E-state index contributed by atoms with van der Waals surface area (Å²) in [6.07, 6.45) is 0. The van der Waals surface area contributed by atoms with Crippen LogP contribution in [0.25, 0.3) is 0 Å². The van der Waals surface area contributed by atoms with Crippen LogP contribution >= 0.6 is 0 Å². The number of carbonyl (C=O) groups excluding carboxylic acids is 1. The summed E-state index contributed by atoms with van der Waals surface area (Å²) < 4.78 is 0. The highest BCUT2D eigenvalue weighted by atomic mass is 16.4. The number of nitriles is 1. The molecule has 0 aromatic heterocycles. The summed E-state index contributed by atoms with van der Waals surface area (Å²) in [4.78, 5) is 22.6. The number of carbonyl (C=O) groups is 2. The van der Waals surface area contributed by atoms with E-state index < -0.39 is 18.0 Å². The highest BCUT2D eigenvalue weighted by Crippen LogP contribution is 2.10. The SMILES string of the molecule is CC(C)C(NC(=O)Nc1cccc(C#N)c1)C(=O)O. The highest BCUT2D eigenvalue weighted by Gasteiger charge is 2.23. The van der Waals surface area contributed by atoms with Gasteiger partial charge in [0, 0.05) is 5.69 Å². The normalized spacial score (nSPS) is 11.5. The summed E-state index contributed by atoms with van der Waals surface area (Å²) in [6, 6.07) is 6.74. The van der Waals surface area contributed by atoms with E-state index in [1.54, 1.807) is 32.0 Å². The van der Waals surface area contributed by atoms with Crippen LogP contribution in [0, 0.1) is 17.2 Å². The molecule has 0 aliphatic carbocycles. The molecule has 2 amide bonds. The molecular weight excluding hydrogens is 246 g/mol.